The number of rotatable bonds is 20. The number of hydrogen-bond acceptors (Lipinski definition) is 10. The number of benzene rings is 2. The molecule has 4 aliphatic heterocycles. The number of hydroxylamine groups is 6. The minimum Gasteiger partial charge on any atom is -0.490 e. The normalized spacial score (nSPS) is 24.3. The van der Waals surface area contributed by atoms with Gasteiger partial charge in [0, 0.05) is 62.2 Å². The smallest absolute Gasteiger partial charge is 0.481 e. The zero-order valence-corrected chi connectivity index (χ0v) is 42.8. The first-order valence-corrected chi connectivity index (χ1v) is 27.1. The number of urea groups is 2. The van der Waals surface area contributed by atoms with Crippen molar-refractivity contribution < 1.29 is 47.6 Å². The molecule has 4 amide bonds. The molecule has 8 rings (SSSR count). The fourth-order valence-electron chi connectivity index (χ4n) is 11.8. The summed E-state index contributed by atoms with van der Waals surface area (Å²) < 4.78 is 11.1. The van der Waals surface area contributed by atoms with Gasteiger partial charge < -0.3 is 9.47 Å². The summed E-state index contributed by atoms with van der Waals surface area (Å²) in [5.41, 5.74) is 4.89. The molecule has 14 heteroatoms. The molecule has 0 N–H and O–H groups in total. The second-order valence-corrected chi connectivity index (χ2v) is 21.3. The quantitative estimate of drug-likeness (QED) is 0.0721. The summed E-state index contributed by atoms with van der Waals surface area (Å²) in [5.74, 6) is -0.572. The molecule has 2 saturated heterocycles. The minimum atomic E-state index is -1.20. The van der Waals surface area contributed by atoms with Crippen LogP contribution in [0.15, 0.2) is 60.7 Å². The Bertz CT molecular complexity index is 2030. The van der Waals surface area contributed by atoms with Crippen molar-refractivity contribution in [2.75, 3.05) is 78.5 Å². The lowest BCUT2D eigenvalue weighted by molar-refractivity contribution is -1.02. The van der Waals surface area contributed by atoms with E-state index in [1.807, 2.05) is 61.8 Å². The molecule has 2 saturated carbocycles. The van der Waals surface area contributed by atoms with Crippen LogP contribution in [0, 0.1) is 0 Å². The van der Waals surface area contributed by atoms with Crippen molar-refractivity contribution in [2.24, 2.45) is 0 Å². The van der Waals surface area contributed by atoms with Gasteiger partial charge in [0.2, 0.25) is 0 Å². The van der Waals surface area contributed by atoms with Crippen molar-refractivity contribution in [3.63, 3.8) is 0 Å². The highest BCUT2D eigenvalue weighted by Crippen LogP contribution is 2.35. The summed E-state index contributed by atoms with van der Waals surface area (Å²) in [6.45, 7) is 15.4. The van der Waals surface area contributed by atoms with E-state index in [0.29, 0.717) is 25.9 Å². The number of unbranched alkanes of at least 4 members (excludes halogenated alkanes) is 2. The molecule has 2 atom stereocenters. The zero-order chi connectivity index (χ0) is 49.1. The molecule has 14 nitrogen and oxygen atoms in total. The molecule has 4 heterocycles. The molecule has 2 unspecified atom stereocenters. The van der Waals surface area contributed by atoms with Gasteiger partial charge in [-0.1, -0.05) is 96.4 Å². The summed E-state index contributed by atoms with van der Waals surface area (Å²) >= 11 is 0. The first-order valence-electron chi connectivity index (χ1n) is 27.1. The maximum Gasteiger partial charge on any atom is 0.481 e. The number of para-hydroxylation sites is 2. The van der Waals surface area contributed by atoms with E-state index in [1.54, 1.807) is 0 Å². The average molecular weight is 967 g/mol. The van der Waals surface area contributed by atoms with Crippen molar-refractivity contribution in [2.45, 2.75) is 155 Å². The van der Waals surface area contributed by atoms with E-state index in [9.17, 15) is 19.2 Å². The van der Waals surface area contributed by atoms with Crippen molar-refractivity contribution in [3.05, 3.63) is 71.8 Å². The second kappa shape index (κ2) is 24.1. The summed E-state index contributed by atoms with van der Waals surface area (Å²) in [4.78, 5) is 78.3. The number of carbonyl (C=O) groups is 4. The number of hydrogen-bond donors (Lipinski definition) is 0. The third-order valence-corrected chi connectivity index (χ3v) is 15.6. The third kappa shape index (κ3) is 12.6. The number of nitrogens with zero attached hydrogens (tertiary/aromatic N) is 6. The van der Waals surface area contributed by atoms with E-state index in [-0.39, 0.29) is 62.5 Å². The van der Waals surface area contributed by atoms with Crippen molar-refractivity contribution in [3.8, 4) is 11.5 Å². The van der Waals surface area contributed by atoms with Gasteiger partial charge in [0.05, 0.1) is 25.3 Å². The fraction of sp³-hybridized carbons (Fsp3) is 0.643. The lowest BCUT2D eigenvalue weighted by Gasteiger charge is -2.32. The molecule has 6 aliphatic rings. The van der Waals surface area contributed by atoms with Crippen LogP contribution in [0.2, 0.25) is 0 Å². The monoisotopic (exact) mass is 967 g/mol. The molecule has 0 radical (unpaired) electrons. The van der Waals surface area contributed by atoms with Gasteiger partial charge in [0.25, 0.3) is 0 Å². The van der Waals surface area contributed by atoms with E-state index < -0.39 is 21.2 Å². The molecule has 4 fully saturated rings. The first-order chi connectivity index (χ1) is 33.9. The van der Waals surface area contributed by atoms with Crippen LogP contribution in [0.3, 0.4) is 0 Å². The van der Waals surface area contributed by atoms with Gasteiger partial charge in [-0.15, -0.1) is 0 Å². The summed E-state index contributed by atoms with van der Waals surface area (Å²) in [5, 5.41) is 0. The Morgan fingerprint density at radius 1 is 0.557 bits per heavy atom. The van der Waals surface area contributed by atoms with Crippen LogP contribution >= 0.6 is 0 Å². The average Bonchev–Trinajstić information content (AvgIpc) is 3.86. The van der Waals surface area contributed by atoms with E-state index in [1.165, 1.54) is 11.1 Å². The van der Waals surface area contributed by atoms with Crippen LogP contribution < -0.4 is 9.47 Å². The molecule has 2 aromatic carbocycles. The van der Waals surface area contributed by atoms with E-state index in [2.05, 4.69) is 46.2 Å². The van der Waals surface area contributed by atoms with Crippen LogP contribution in [0.4, 0.5) is 9.59 Å². The van der Waals surface area contributed by atoms with Crippen LogP contribution in [-0.4, -0.2) is 156 Å². The number of quaternary nitrogens is 2. The lowest BCUT2D eigenvalue weighted by atomic mass is 9.94. The first kappa shape index (κ1) is 51.6. The van der Waals surface area contributed by atoms with Gasteiger partial charge >= 0.3 is 24.0 Å². The Balaban J connectivity index is 0.897. The highest BCUT2D eigenvalue weighted by molar-refractivity contribution is 6.29. The SMILES string of the molecule is CC(C)Oc1ccccc1C1=CCN(CCCC[N+]2(OC(=O)C(=O)O[N+]3(CCCCN4CC=C(c5ccccc5OC(C)C)CC4)CCN(C4CCCCC4)C3=O)CCN(C3CCCCC3)C2=O)CC1. The van der Waals surface area contributed by atoms with E-state index in [4.69, 9.17) is 19.1 Å². The second-order valence-electron chi connectivity index (χ2n) is 21.3. The predicted molar refractivity (Wildman–Crippen MR) is 271 cm³/mol. The van der Waals surface area contributed by atoms with Gasteiger partial charge in [-0.25, -0.2) is 19.2 Å². The Hall–Kier alpha value is -4.76. The zero-order valence-electron chi connectivity index (χ0n) is 42.8. The van der Waals surface area contributed by atoms with E-state index >= 15 is 0 Å². The minimum absolute atomic E-state index is 0.0958. The lowest BCUT2D eigenvalue weighted by Crippen LogP contribution is -2.57. The molecule has 2 aromatic rings. The van der Waals surface area contributed by atoms with Gasteiger partial charge in [-0.2, -0.15) is 0 Å². The van der Waals surface area contributed by atoms with Crippen LogP contribution in [-0.2, 0) is 19.3 Å². The molecule has 0 spiro atoms. The molecular weight excluding hydrogens is 885 g/mol. The molecule has 382 valence electrons. The highest BCUT2D eigenvalue weighted by Gasteiger charge is 2.57. The van der Waals surface area contributed by atoms with Crippen molar-refractivity contribution in [1.29, 1.82) is 0 Å². The highest BCUT2D eigenvalue weighted by atomic mass is 16.8. The van der Waals surface area contributed by atoms with Crippen LogP contribution in [0.1, 0.15) is 142 Å². The fourth-order valence-corrected chi connectivity index (χ4v) is 11.8. The standard InChI is InChI=1S/C56H82N6O8/c1-43(2)67-51-25-13-11-23-49(51)45-27-33-57(34-28-45)31-15-17-39-61(41-37-59(55(61)65)47-19-7-5-8-20-47)69-53(63)54(64)70-62(42-38-60(56(62)66)48-21-9-6-10-22-48)40-18-16-32-58-35-29-46(30-36-58)50-24-12-14-26-52(50)68-44(3)4/h11-14,23-27,29,43-44,47-48H,5-10,15-22,28,30-42H2,1-4H3/q+2. The Labute approximate surface area is 417 Å². The van der Waals surface area contributed by atoms with Crippen molar-refractivity contribution in [1.82, 2.24) is 19.6 Å². The van der Waals surface area contributed by atoms with Crippen LogP contribution in [0.5, 0.6) is 11.5 Å². The molecular formula is C56H82N6O8+2. The maximum absolute atomic E-state index is 14.5. The maximum atomic E-state index is 14.5. The Morgan fingerprint density at radius 2 is 0.957 bits per heavy atom. The largest absolute Gasteiger partial charge is 0.490 e. The summed E-state index contributed by atoms with van der Waals surface area (Å²) in [6.07, 6.45) is 19.7. The molecule has 0 aromatic heterocycles. The molecule has 70 heavy (non-hydrogen) atoms. The predicted octanol–water partition coefficient (Wildman–Crippen LogP) is 9.79. The van der Waals surface area contributed by atoms with Gasteiger partial charge in [-0.05, 0) is 115 Å². The molecule has 0 bridgehead atoms. The number of carbonyl (C=O) groups excluding carboxylic acids is 4. The van der Waals surface area contributed by atoms with Crippen molar-refractivity contribution >= 4 is 35.1 Å². The van der Waals surface area contributed by atoms with Crippen LogP contribution in [0.25, 0.3) is 11.1 Å². The number of ether oxygens (including phenoxy) is 2. The van der Waals surface area contributed by atoms with Gasteiger partial charge in [-0.3, -0.25) is 29.3 Å². The van der Waals surface area contributed by atoms with Gasteiger partial charge in [0.15, 0.2) is 0 Å². The molecule has 2 aliphatic carbocycles. The summed E-state index contributed by atoms with van der Waals surface area (Å²) in [7, 11) is 0. The third-order valence-electron chi connectivity index (χ3n) is 15.6. The Morgan fingerprint density at radius 3 is 1.33 bits per heavy atom. The topological polar surface area (TPSA) is 118 Å². The summed E-state index contributed by atoms with van der Waals surface area (Å²) in [6, 6.07) is 16.2. The van der Waals surface area contributed by atoms with Gasteiger partial charge in [0.1, 0.15) is 37.7 Å². The van der Waals surface area contributed by atoms with E-state index in [0.717, 1.165) is 152 Å². The Kier molecular flexibility index (Phi) is 17.8. The number of amides is 4.